The number of halogens is 1. The van der Waals surface area contributed by atoms with E-state index >= 15 is 0 Å². The molecule has 3 fully saturated rings. The molecule has 57 heavy (non-hydrogen) atoms. The average Bonchev–Trinajstić information content (AvgIpc) is 3.82. The first-order valence-corrected chi connectivity index (χ1v) is 24.1. The summed E-state index contributed by atoms with van der Waals surface area (Å²) in [7, 11) is -1.31. The van der Waals surface area contributed by atoms with E-state index in [0.717, 1.165) is 22.3 Å². The maximum Gasteiger partial charge on any atom is 0.163 e. The van der Waals surface area contributed by atoms with E-state index in [9.17, 15) is 0 Å². The number of terminal acetylenes is 1. The maximum atomic E-state index is 5.72. The second kappa shape index (κ2) is 22.1. The van der Waals surface area contributed by atoms with Crippen LogP contribution in [0.2, 0.25) is 19.6 Å². The van der Waals surface area contributed by atoms with Gasteiger partial charge in [0, 0.05) is 14.7 Å². The molecule has 3 aromatic rings. The van der Waals surface area contributed by atoms with Crippen molar-refractivity contribution in [3.63, 3.8) is 0 Å². The van der Waals surface area contributed by atoms with Crippen LogP contribution in [0.1, 0.15) is 69.4 Å². The van der Waals surface area contributed by atoms with Gasteiger partial charge >= 0.3 is 0 Å². The molecule has 0 radical (unpaired) electrons. The third-order valence-electron chi connectivity index (χ3n) is 8.49. The van der Waals surface area contributed by atoms with Gasteiger partial charge in [-0.3, -0.25) is 0 Å². The first kappa shape index (κ1) is 47.0. The molecule has 3 unspecified atom stereocenters. The Hall–Kier alpha value is -2.63. The number of ether oxygens (including phenoxy) is 9. The Morgan fingerprint density at radius 2 is 0.912 bits per heavy atom. The van der Waals surface area contributed by atoms with Crippen molar-refractivity contribution >= 4 is 30.7 Å². The average molecular weight is 913 g/mol. The topological polar surface area (TPSA) is 83.1 Å². The summed E-state index contributed by atoms with van der Waals surface area (Å²) in [6.07, 6.45) is 5.39. The molecular formula is C46H61IO9Si. The summed E-state index contributed by atoms with van der Waals surface area (Å²) in [4.78, 5) is 0. The van der Waals surface area contributed by atoms with Crippen LogP contribution in [-0.4, -0.2) is 83.4 Å². The van der Waals surface area contributed by atoms with E-state index in [1.165, 1.54) is 9.13 Å². The van der Waals surface area contributed by atoms with Gasteiger partial charge in [0.2, 0.25) is 0 Å². The van der Waals surface area contributed by atoms with E-state index in [1.807, 2.05) is 65.8 Å². The molecule has 3 saturated heterocycles. The first-order chi connectivity index (χ1) is 26.9. The van der Waals surface area contributed by atoms with Gasteiger partial charge in [0.05, 0.1) is 59.5 Å². The van der Waals surface area contributed by atoms with Crippen molar-refractivity contribution in [3.05, 3.63) is 104 Å². The van der Waals surface area contributed by atoms with Gasteiger partial charge in [0.1, 0.15) is 26.4 Å². The molecular weight excluding hydrogens is 851 g/mol. The van der Waals surface area contributed by atoms with Crippen molar-refractivity contribution in [3.8, 4) is 23.8 Å². The monoisotopic (exact) mass is 912 g/mol. The van der Waals surface area contributed by atoms with Crippen molar-refractivity contribution in [1.82, 2.24) is 0 Å². The third-order valence-corrected chi connectivity index (χ3v) is 10.1. The van der Waals surface area contributed by atoms with Crippen molar-refractivity contribution in [2.24, 2.45) is 0 Å². The quantitative estimate of drug-likeness (QED) is 0.101. The molecule has 3 aliphatic heterocycles. The minimum atomic E-state index is -1.31. The van der Waals surface area contributed by atoms with Crippen molar-refractivity contribution < 1.29 is 42.6 Å². The Morgan fingerprint density at radius 1 is 0.579 bits per heavy atom. The summed E-state index contributed by atoms with van der Waals surface area (Å²) in [6.45, 7) is 23.5. The highest BCUT2D eigenvalue weighted by Crippen LogP contribution is 2.24. The van der Waals surface area contributed by atoms with Gasteiger partial charge < -0.3 is 42.6 Å². The molecule has 9 nitrogen and oxygen atoms in total. The highest BCUT2D eigenvalue weighted by Gasteiger charge is 2.34. The Labute approximate surface area is 355 Å². The molecule has 3 heterocycles. The van der Waals surface area contributed by atoms with E-state index in [2.05, 4.69) is 108 Å². The van der Waals surface area contributed by atoms with E-state index in [4.69, 9.17) is 49.1 Å². The van der Waals surface area contributed by atoms with Gasteiger partial charge in [-0.2, -0.15) is 0 Å². The van der Waals surface area contributed by atoms with Crippen LogP contribution in [0.25, 0.3) is 0 Å². The Balaban J connectivity index is 0.000000191. The minimum absolute atomic E-state index is 0.0185. The van der Waals surface area contributed by atoms with Crippen molar-refractivity contribution in [2.75, 3.05) is 39.6 Å². The number of hydrogen-bond acceptors (Lipinski definition) is 9. The van der Waals surface area contributed by atoms with Crippen LogP contribution in [-0.2, 0) is 62.5 Å². The Kier molecular flexibility index (Phi) is 18.2. The fourth-order valence-electron chi connectivity index (χ4n) is 5.68. The van der Waals surface area contributed by atoms with Crippen LogP contribution in [0.15, 0.2) is 72.8 Å². The van der Waals surface area contributed by atoms with E-state index < -0.39 is 25.4 Å². The van der Waals surface area contributed by atoms with E-state index in [0.29, 0.717) is 59.5 Å². The lowest BCUT2D eigenvalue weighted by Gasteiger charge is -2.17. The summed E-state index contributed by atoms with van der Waals surface area (Å²) in [5, 5.41) is 0. The molecule has 0 aromatic heterocycles. The second-order valence-corrected chi connectivity index (χ2v) is 22.6. The normalized spacial score (nSPS) is 21.6. The fourth-order valence-corrected chi connectivity index (χ4v) is 6.56. The molecule has 0 saturated carbocycles. The lowest BCUT2D eigenvalue weighted by Crippen LogP contribution is -2.24. The highest BCUT2D eigenvalue weighted by molar-refractivity contribution is 14.1. The number of benzene rings is 3. The SMILES string of the molecule is C#Cc1ccc(COCC2COC(C)(C)O2)cc1.CC1(C)OCC(COCc2ccc(C#C[Si](C)(C)C)cc2)O1.CC1(C)OCC(COCc2ccc(I)cc2)O1. The van der Waals surface area contributed by atoms with Crippen LogP contribution >= 0.6 is 22.6 Å². The Bertz CT molecular complexity index is 1750. The summed E-state index contributed by atoms with van der Waals surface area (Å²) in [5.74, 6) is 4.42. The molecule has 3 aliphatic rings. The zero-order valence-corrected chi connectivity index (χ0v) is 38.3. The molecule has 0 bridgehead atoms. The summed E-state index contributed by atoms with van der Waals surface area (Å²) in [6, 6.07) is 24.4. The summed E-state index contributed by atoms with van der Waals surface area (Å²) in [5.41, 5.74) is 8.76. The van der Waals surface area contributed by atoms with Gasteiger partial charge in [0.15, 0.2) is 17.4 Å². The first-order valence-electron chi connectivity index (χ1n) is 19.5. The molecule has 0 N–H and O–H groups in total. The predicted molar refractivity (Wildman–Crippen MR) is 234 cm³/mol. The Morgan fingerprint density at radius 3 is 1.21 bits per heavy atom. The van der Waals surface area contributed by atoms with Crippen LogP contribution in [0.5, 0.6) is 0 Å². The molecule has 3 atom stereocenters. The molecule has 3 aromatic carbocycles. The molecule has 310 valence electrons. The van der Waals surface area contributed by atoms with E-state index in [1.54, 1.807) is 0 Å². The molecule has 0 spiro atoms. The van der Waals surface area contributed by atoms with E-state index in [-0.39, 0.29) is 18.3 Å². The van der Waals surface area contributed by atoms with Crippen LogP contribution in [0, 0.1) is 27.4 Å². The molecule has 11 heteroatoms. The van der Waals surface area contributed by atoms with Crippen molar-refractivity contribution in [2.45, 2.75) is 117 Å². The van der Waals surface area contributed by atoms with Gasteiger partial charge in [-0.25, -0.2) is 0 Å². The fraction of sp³-hybridized carbons (Fsp3) is 0.522. The molecule has 0 amide bonds. The van der Waals surface area contributed by atoms with Gasteiger partial charge in [-0.15, -0.1) is 12.0 Å². The number of rotatable bonds is 12. The maximum absolute atomic E-state index is 5.72. The minimum Gasteiger partial charge on any atom is -0.374 e. The zero-order chi connectivity index (χ0) is 41.5. The molecule has 6 rings (SSSR count). The largest absolute Gasteiger partial charge is 0.374 e. The van der Waals surface area contributed by atoms with Gasteiger partial charge in [-0.05, 0) is 117 Å². The van der Waals surface area contributed by atoms with Crippen LogP contribution in [0.3, 0.4) is 0 Å². The predicted octanol–water partition coefficient (Wildman–Crippen LogP) is 8.88. The smallest absolute Gasteiger partial charge is 0.163 e. The summed E-state index contributed by atoms with van der Waals surface area (Å²) < 4.78 is 51.7. The highest BCUT2D eigenvalue weighted by atomic mass is 127. The van der Waals surface area contributed by atoms with Crippen molar-refractivity contribution in [1.29, 1.82) is 0 Å². The zero-order valence-electron chi connectivity index (χ0n) is 35.2. The van der Waals surface area contributed by atoms with Crippen LogP contribution in [0.4, 0.5) is 0 Å². The second-order valence-electron chi connectivity index (χ2n) is 16.6. The van der Waals surface area contributed by atoms with Gasteiger partial charge in [-0.1, -0.05) is 67.9 Å². The number of hydrogen-bond donors (Lipinski definition) is 0. The lowest BCUT2D eigenvalue weighted by atomic mass is 10.1. The third kappa shape index (κ3) is 18.9. The van der Waals surface area contributed by atoms with Gasteiger partial charge in [0.25, 0.3) is 0 Å². The lowest BCUT2D eigenvalue weighted by molar-refractivity contribution is -0.146. The van der Waals surface area contributed by atoms with Crippen LogP contribution < -0.4 is 0 Å². The summed E-state index contributed by atoms with van der Waals surface area (Å²) >= 11 is 2.29. The molecule has 0 aliphatic carbocycles. The standard InChI is InChI=1S/C18H26O3Si.C15H18O3.C13H17IO3/c1-18(2)20-14-17(21-18)13-19-12-16-8-6-15(7-9-16)10-11-22(3,4)5;1-4-12-5-7-13(8-6-12)9-16-10-14-11-17-15(2,3)18-14;1-13(2)16-9-12(17-13)8-15-7-10-3-5-11(14)6-4-10/h6-9,17H,12-14H2,1-5H3;1,5-8,14H,9-11H2,2-3H3;3-6,12H,7-9H2,1-2H3.